The fourth-order valence-corrected chi connectivity index (χ4v) is 2.47. The van der Waals surface area contributed by atoms with Gasteiger partial charge < -0.3 is 5.11 Å². The first-order chi connectivity index (χ1) is 9.47. The monoisotopic (exact) mass is 276 g/mol. The van der Waals surface area contributed by atoms with Gasteiger partial charge in [-0.15, -0.1) is 0 Å². The molecule has 1 N–H and O–H groups in total. The molecule has 0 aliphatic heterocycles. The molecule has 20 heavy (non-hydrogen) atoms. The van der Waals surface area contributed by atoms with Crippen molar-refractivity contribution in [1.82, 2.24) is 9.78 Å². The van der Waals surface area contributed by atoms with Crippen molar-refractivity contribution in [2.24, 2.45) is 0 Å². The van der Waals surface area contributed by atoms with E-state index >= 15 is 0 Å². The van der Waals surface area contributed by atoms with Crippen LogP contribution in [-0.4, -0.2) is 20.9 Å². The molecule has 1 aromatic heterocycles. The summed E-state index contributed by atoms with van der Waals surface area (Å²) >= 11 is 0. The molecule has 0 atom stereocenters. The maximum Gasteiger partial charge on any atom is 0.339 e. The number of carboxylic acids is 1. The summed E-state index contributed by atoms with van der Waals surface area (Å²) in [6.07, 6.45) is 0.927. The summed E-state index contributed by atoms with van der Waals surface area (Å²) < 4.78 is 15.6. The lowest BCUT2D eigenvalue weighted by atomic mass is 9.97. The fraction of sp³-hybridized carbons (Fsp3) is 0.333. The number of carbonyl (C=O) groups is 1. The molecule has 1 heterocycles. The van der Waals surface area contributed by atoms with Crippen LogP contribution in [0.5, 0.6) is 0 Å². The van der Waals surface area contributed by atoms with Crippen LogP contribution in [-0.2, 0) is 6.54 Å². The minimum atomic E-state index is -1.26. The van der Waals surface area contributed by atoms with E-state index in [0.717, 1.165) is 24.7 Å². The number of rotatable bonds is 4. The summed E-state index contributed by atoms with van der Waals surface area (Å²) in [4.78, 5) is 11.3. The molecule has 0 bridgehead atoms. The zero-order chi connectivity index (χ0) is 14.9. The van der Waals surface area contributed by atoms with E-state index in [2.05, 4.69) is 5.10 Å². The van der Waals surface area contributed by atoms with E-state index in [9.17, 15) is 14.3 Å². The van der Waals surface area contributed by atoms with Gasteiger partial charge in [0.1, 0.15) is 11.4 Å². The van der Waals surface area contributed by atoms with Gasteiger partial charge in [-0.2, -0.15) is 5.10 Å². The summed E-state index contributed by atoms with van der Waals surface area (Å²) in [6, 6.07) is 4.31. The molecule has 1 aromatic carbocycles. The molecule has 2 rings (SSSR count). The highest BCUT2D eigenvalue weighted by atomic mass is 19.1. The number of aromatic nitrogens is 2. The van der Waals surface area contributed by atoms with Gasteiger partial charge in [0.15, 0.2) is 0 Å². The van der Waals surface area contributed by atoms with Gasteiger partial charge in [-0.3, -0.25) is 4.68 Å². The highest BCUT2D eigenvalue weighted by Crippen LogP contribution is 2.31. The second kappa shape index (κ2) is 5.45. The van der Waals surface area contributed by atoms with Crippen LogP contribution < -0.4 is 0 Å². The van der Waals surface area contributed by atoms with Crippen molar-refractivity contribution in [1.29, 1.82) is 0 Å². The molecule has 0 saturated carbocycles. The van der Waals surface area contributed by atoms with Crippen LogP contribution in [0, 0.1) is 19.7 Å². The SMILES string of the molecule is CCCn1nc(C)c(-c2cccc(F)c2C(=O)O)c1C. The maximum absolute atomic E-state index is 13.8. The van der Waals surface area contributed by atoms with E-state index in [-0.39, 0.29) is 5.56 Å². The van der Waals surface area contributed by atoms with Crippen molar-refractivity contribution >= 4 is 5.97 Å². The summed E-state index contributed by atoms with van der Waals surface area (Å²) in [5.41, 5.74) is 2.36. The predicted molar refractivity (Wildman–Crippen MR) is 74.3 cm³/mol. The van der Waals surface area contributed by atoms with Crippen molar-refractivity contribution in [2.45, 2.75) is 33.7 Å². The largest absolute Gasteiger partial charge is 0.478 e. The zero-order valence-corrected chi connectivity index (χ0v) is 11.8. The fourth-order valence-electron chi connectivity index (χ4n) is 2.47. The number of carboxylic acid groups (broad SMARTS) is 1. The molecule has 0 aliphatic rings. The van der Waals surface area contributed by atoms with Crippen molar-refractivity contribution in [3.8, 4) is 11.1 Å². The lowest BCUT2D eigenvalue weighted by Gasteiger charge is -2.08. The molecular formula is C15H17FN2O2. The Morgan fingerprint density at radius 1 is 1.40 bits per heavy atom. The van der Waals surface area contributed by atoms with E-state index in [1.165, 1.54) is 6.07 Å². The normalized spacial score (nSPS) is 10.8. The van der Waals surface area contributed by atoms with Crippen LogP contribution in [0.2, 0.25) is 0 Å². The van der Waals surface area contributed by atoms with Crippen LogP contribution in [0.1, 0.15) is 35.1 Å². The van der Waals surface area contributed by atoms with Gasteiger partial charge in [0, 0.05) is 23.4 Å². The third kappa shape index (κ3) is 2.31. The number of hydrogen-bond acceptors (Lipinski definition) is 2. The van der Waals surface area contributed by atoms with Gasteiger partial charge in [-0.05, 0) is 26.3 Å². The van der Waals surface area contributed by atoms with E-state index < -0.39 is 11.8 Å². The number of aromatic carboxylic acids is 1. The smallest absolute Gasteiger partial charge is 0.339 e. The topological polar surface area (TPSA) is 55.1 Å². The molecular weight excluding hydrogens is 259 g/mol. The molecule has 0 unspecified atom stereocenters. The van der Waals surface area contributed by atoms with Gasteiger partial charge >= 0.3 is 5.97 Å². The first kappa shape index (κ1) is 14.2. The Morgan fingerprint density at radius 2 is 2.10 bits per heavy atom. The van der Waals surface area contributed by atoms with Gasteiger partial charge in [0.25, 0.3) is 0 Å². The Labute approximate surface area is 116 Å². The van der Waals surface area contributed by atoms with Crippen molar-refractivity contribution in [3.63, 3.8) is 0 Å². The van der Waals surface area contributed by atoms with Crippen molar-refractivity contribution in [2.75, 3.05) is 0 Å². The van der Waals surface area contributed by atoms with E-state index in [1.54, 1.807) is 6.07 Å². The Kier molecular flexibility index (Phi) is 3.88. The molecule has 0 spiro atoms. The number of nitrogens with zero attached hydrogens (tertiary/aromatic N) is 2. The van der Waals surface area contributed by atoms with Crippen molar-refractivity contribution in [3.05, 3.63) is 41.0 Å². The van der Waals surface area contributed by atoms with Crippen LogP contribution in [0.25, 0.3) is 11.1 Å². The summed E-state index contributed by atoms with van der Waals surface area (Å²) in [5.74, 6) is -1.99. The first-order valence-corrected chi connectivity index (χ1v) is 6.53. The highest BCUT2D eigenvalue weighted by molar-refractivity contribution is 5.97. The number of benzene rings is 1. The number of aryl methyl sites for hydroxylation is 2. The van der Waals surface area contributed by atoms with Gasteiger partial charge in [-0.25, -0.2) is 9.18 Å². The lowest BCUT2D eigenvalue weighted by Crippen LogP contribution is -2.05. The van der Waals surface area contributed by atoms with Gasteiger partial charge in [-0.1, -0.05) is 19.1 Å². The second-order valence-electron chi connectivity index (χ2n) is 4.74. The first-order valence-electron chi connectivity index (χ1n) is 6.53. The minimum Gasteiger partial charge on any atom is -0.478 e. The molecule has 4 nitrogen and oxygen atoms in total. The van der Waals surface area contributed by atoms with Gasteiger partial charge in [0.05, 0.1) is 5.69 Å². The van der Waals surface area contributed by atoms with Crippen LogP contribution in [0.3, 0.4) is 0 Å². The van der Waals surface area contributed by atoms with Crippen LogP contribution in [0.15, 0.2) is 18.2 Å². The molecule has 0 radical (unpaired) electrons. The Morgan fingerprint density at radius 3 is 2.70 bits per heavy atom. The summed E-state index contributed by atoms with van der Waals surface area (Å²) in [5, 5.41) is 13.6. The molecule has 5 heteroatoms. The molecule has 0 saturated heterocycles. The van der Waals surface area contributed by atoms with Crippen molar-refractivity contribution < 1.29 is 14.3 Å². The average Bonchev–Trinajstić information content (AvgIpc) is 2.64. The Bertz CT molecular complexity index is 662. The molecule has 106 valence electrons. The predicted octanol–water partition coefficient (Wildman–Crippen LogP) is 3.41. The summed E-state index contributed by atoms with van der Waals surface area (Å²) in [6.45, 7) is 6.48. The molecule has 0 aliphatic carbocycles. The minimum absolute atomic E-state index is 0.297. The molecule has 0 amide bonds. The Hall–Kier alpha value is -2.17. The number of hydrogen-bond donors (Lipinski definition) is 1. The van der Waals surface area contributed by atoms with Crippen LogP contribution >= 0.6 is 0 Å². The molecule has 0 fully saturated rings. The molecule has 2 aromatic rings. The van der Waals surface area contributed by atoms with Gasteiger partial charge in [0.2, 0.25) is 0 Å². The third-order valence-corrected chi connectivity index (χ3v) is 3.31. The standard InChI is InChI=1S/C15H17FN2O2/c1-4-8-18-10(3)13(9(2)17-18)11-6-5-7-12(16)14(11)15(19)20/h5-7H,4,8H2,1-3H3,(H,19,20). The zero-order valence-electron chi connectivity index (χ0n) is 11.8. The number of halogens is 1. The lowest BCUT2D eigenvalue weighted by molar-refractivity contribution is 0.0693. The third-order valence-electron chi connectivity index (χ3n) is 3.31. The quantitative estimate of drug-likeness (QED) is 0.931. The average molecular weight is 276 g/mol. The van der Waals surface area contributed by atoms with E-state index in [0.29, 0.717) is 16.8 Å². The van der Waals surface area contributed by atoms with E-state index in [4.69, 9.17) is 0 Å². The summed E-state index contributed by atoms with van der Waals surface area (Å²) in [7, 11) is 0. The second-order valence-corrected chi connectivity index (χ2v) is 4.74. The Balaban J connectivity index is 2.69. The highest BCUT2D eigenvalue weighted by Gasteiger charge is 2.22. The van der Waals surface area contributed by atoms with Crippen LogP contribution in [0.4, 0.5) is 4.39 Å². The van der Waals surface area contributed by atoms with E-state index in [1.807, 2.05) is 25.5 Å². The maximum atomic E-state index is 13.8.